The summed E-state index contributed by atoms with van der Waals surface area (Å²) in [6.07, 6.45) is 6.94. The molecular weight excluding hydrogens is 248 g/mol. The van der Waals surface area contributed by atoms with Crippen molar-refractivity contribution in [3.05, 3.63) is 29.6 Å². The molecule has 3 nitrogen and oxygen atoms in total. The molecule has 0 radical (unpaired) electrons. The normalized spacial score (nSPS) is 23.0. The van der Waals surface area contributed by atoms with Gasteiger partial charge in [0.1, 0.15) is 0 Å². The number of hydrogen-bond donors (Lipinski definition) is 1. The fourth-order valence-corrected chi connectivity index (χ4v) is 3.00. The average molecular weight is 267 g/mol. The van der Waals surface area contributed by atoms with E-state index in [0.29, 0.717) is 23.3 Å². The predicted octanol–water partition coefficient (Wildman–Crippen LogP) is 2.77. The largest absolute Gasteiger partial charge is 0.352 e. The highest BCUT2D eigenvalue weighted by Crippen LogP contribution is 2.31. The van der Waals surface area contributed by atoms with Gasteiger partial charge >= 0.3 is 0 Å². The molecule has 1 aromatic rings. The van der Waals surface area contributed by atoms with Crippen molar-refractivity contribution in [1.82, 2.24) is 10.3 Å². The fourth-order valence-electron chi connectivity index (χ4n) is 2.59. The zero-order valence-electron chi connectivity index (χ0n) is 10.7. The van der Waals surface area contributed by atoms with E-state index in [-0.39, 0.29) is 5.91 Å². The zero-order valence-corrected chi connectivity index (χ0v) is 11.4. The first-order valence-electron chi connectivity index (χ1n) is 6.46. The number of amides is 1. The van der Waals surface area contributed by atoms with Gasteiger partial charge in [0.25, 0.3) is 5.91 Å². The van der Waals surface area contributed by atoms with E-state index in [0.717, 1.165) is 12.1 Å². The second-order valence-electron chi connectivity index (χ2n) is 5.07. The summed E-state index contributed by atoms with van der Waals surface area (Å²) in [5.41, 5.74) is 1.64. The Labute approximate surface area is 113 Å². The van der Waals surface area contributed by atoms with Crippen molar-refractivity contribution in [1.29, 1.82) is 0 Å². The van der Waals surface area contributed by atoms with Crippen LogP contribution in [0.15, 0.2) is 18.5 Å². The molecule has 2 rings (SSSR count). The van der Waals surface area contributed by atoms with E-state index in [1.807, 2.05) is 13.0 Å². The first kappa shape index (κ1) is 13.3. The lowest BCUT2D eigenvalue weighted by atomic mass is 9.98. The minimum absolute atomic E-state index is 0.0357. The molecule has 2 unspecified atom stereocenters. The maximum absolute atomic E-state index is 12.0. The van der Waals surface area contributed by atoms with Crippen LogP contribution in [0.2, 0.25) is 0 Å². The summed E-state index contributed by atoms with van der Waals surface area (Å²) in [5.74, 6) is 1.75. The van der Waals surface area contributed by atoms with Gasteiger partial charge in [0.2, 0.25) is 0 Å². The number of alkyl halides is 1. The highest BCUT2D eigenvalue weighted by Gasteiger charge is 2.26. The van der Waals surface area contributed by atoms with Gasteiger partial charge in [0.15, 0.2) is 0 Å². The maximum Gasteiger partial charge on any atom is 0.252 e. The highest BCUT2D eigenvalue weighted by molar-refractivity contribution is 6.18. The summed E-state index contributed by atoms with van der Waals surface area (Å²) >= 11 is 5.93. The number of aromatic nitrogens is 1. The van der Waals surface area contributed by atoms with Crippen molar-refractivity contribution >= 4 is 17.5 Å². The standard InChI is InChI=1S/C14H19ClN2O/c1-10-5-13(8-16-7-10)14(18)17-9-12-4-2-3-11(12)6-15/h5,7-8,11-12H,2-4,6,9H2,1H3,(H,17,18). The van der Waals surface area contributed by atoms with Gasteiger partial charge in [-0.3, -0.25) is 9.78 Å². The molecule has 4 heteroatoms. The van der Waals surface area contributed by atoms with Crippen LogP contribution in [0.5, 0.6) is 0 Å². The third kappa shape index (κ3) is 3.22. The fraction of sp³-hybridized carbons (Fsp3) is 0.571. The molecule has 98 valence electrons. The van der Waals surface area contributed by atoms with E-state index >= 15 is 0 Å². The number of hydrogen-bond acceptors (Lipinski definition) is 2. The first-order valence-corrected chi connectivity index (χ1v) is 7.00. The topological polar surface area (TPSA) is 42.0 Å². The van der Waals surface area contributed by atoms with Crippen LogP contribution >= 0.6 is 11.6 Å². The average Bonchev–Trinajstić information content (AvgIpc) is 2.83. The van der Waals surface area contributed by atoms with E-state index in [9.17, 15) is 4.79 Å². The quantitative estimate of drug-likeness (QED) is 0.852. The molecule has 0 bridgehead atoms. The Balaban J connectivity index is 1.88. The predicted molar refractivity (Wildman–Crippen MR) is 72.9 cm³/mol. The SMILES string of the molecule is Cc1cncc(C(=O)NCC2CCCC2CCl)c1. The summed E-state index contributed by atoms with van der Waals surface area (Å²) in [6, 6.07) is 1.86. The second-order valence-corrected chi connectivity index (χ2v) is 5.37. The summed E-state index contributed by atoms with van der Waals surface area (Å²) in [7, 11) is 0. The summed E-state index contributed by atoms with van der Waals surface area (Å²) < 4.78 is 0. The number of pyridine rings is 1. The van der Waals surface area contributed by atoms with Gasteiger partial charge in [0, 0.05) is 24.8 Å². The summed E-state index contributed by atoms with van der Waals surface area (Å²) in [6.45, 7) is 2.66. The van der Waals surface area contributed by atoms with Gasteiger partial charge in [-0.05, 0) is 43.2 Å². The molecule has 1 N–H and O–H groups in total. The lowest BCUT2D eigenvalue weighted by Gasteiger charge is -2.17. The molecule has 0 aromatic carbocycles. The van der Waals surface area contributed by atoms with Crippen molar-refractivity contribution < 1.29 is 4.79 Å². The molecule has 2 atom stereocenters. The van der Waals surface area contributed by atoms with Crippen LogP contribution in [-0.4, -0.2) is 23.3 Å². The second kappa shape index (κ2) is 6.19. The molecule has 1 heterocycles. The van der Waals surface area contributed by atoms with Gasteiger partial charge in [-0.1, -0.05) is 6.42 Å². The Morgan fingerprint density at radius 3 is 2.94 bits per heavy atom. The smallest absolute Gasteiger partial charge is 0.252 e. The highest BCUT2D eigenvalue weighted by atomic mass is 35.5. The summed E-state index contributed by atoms with van der Waals surface area (Å²) in [4.78, 5) is 16.0. The zero-order chi connectivity index (χ0) is 13.0. The molecule has 0 spiro atoms. The van der Waals surface area contributed by atoms with Crippen LogP contribution in [0.3, 0.4) is 0 Å². The van der Waals surface area contributed by atoms with Crippen molar-refractivity contribution in [2.75, 3.05) is 12.4 Å². The Hall–Kier alpha value is -1.09. The van der Waals surface area contributed by atoms with Crippen molar-refractivity contribution in [3.63, 3.8) is 0 Å². The Morgan fingerprint density at radius 2 is 2.22 bits per heavy atom. The molecule has 18 heavy (non-hydrogen) atoms. The van der Waals surface area contributed by atoms with Crippen LogP contribution in [0.1, 0.15) is 35.2 Å². The van der Waals surface area contributed by atoms with Gasteiger partial charge in [-0.15, -0.1) is 11.6 Å². The molecule has 1 aromatic heterocycles. The summed E-state index contributed by atoms with van der Waals surface area (Å²) in [5, 5.41) is 2.99. The first-order chi connectivity index (χ1) is 8.70. The minimum atomic E-state index is -0.0357. The molecular formula is C14H19ClN2O. The monoisotopic (exact) mass is 266 g/mol. The maximum atomic E-state index is 12.0. The third-order valence-corrected chi connectivity index (χ3v) is 4.07. The number of aryl methyl sites for hydroxylation is 1. The van der Waals surface area contributed by atoms with E-state index in [2.05, 4.69) is 10.3 Å². The molecule has 1 aliphatic rings. The number of nitrogens with one attached hydrogen (secondary N) is 1. The molecule has 0 saturated heterocycles. The van der Waals surface area contributed by atoms with Crippen LogP contribution in [0.25, 0.3) is 0 Å². The molecule has 1 amide bonds. The van der Waals surface area contributed by atoms with Crippen LogP contribution in [0, 0.1) is 18.8 Å². The molecule has 1 aliphatic carbocycles. The van der Waals surface area contributed by atoms with Gasteiger partial charge in [0.05, 0.1) is 5.56 Å². The van der Waals surface area contributed by atoms with Crippen molar-refractivity contribution in [3.8, 4) is 0 Å². The van der Waals surface area contributed by atoms with E-state index in [1.165, 1.54) is 19.3 Å². The van der Waals surface area contributed by atoms with Crippen LogP contribution in [-0.2, 0) is 0 Å². The molecule has 1 saturated carbocycles. The lowest BCUT2D eigenvalue weighted by Crippen LogP contribution is -2.31. The number of carbonyl (C=O) groups excluding carboxylic acids is 1. The van der Waals surface area contributed by atoms with E-state index in [4.69, 9.17) is 11.6 Å². The Bertz CT molecular complexity index is 422. The number of carbonyl (C=O) groups is 1. The third-order valence-electron chi connectivity index (χ3n) is 3.68. The number of halogens is 1. The Kier molecular flexibility index (Phi) is 4.59. The Morgan fingerprint density at radius 1 is 1.44 bits per heavy atom. The number of rotatable bonds is 4. The van der Waals surface area contributed by atoms with Crippen LogP contribution < -0.4 is 5.32 Å². The molecule has 0 aliphatic heterocycles. The molecule has 1 fully saturated rings. The van der Waals surface area contributed by atoms with Crippen molar-refractivity contribution in [2.24, 2.45) is 11.8 Å². The number of nitrogens with zero attached hydrogens (tertiary/aromatic N) is 1. The van der Waals surface area contributed by atoms with Crippen molar-refractivity contribution in [2.45, 2.75) is 26.2 Å². The van der Waals surface area contributed by atoms with Gasteiger partial charge < -0.3 is 5.32 Å². The minimum Gasteiger partial charge on any atom is -0.352 e. The van der Waals surface area contributed by atoms with E-state index in [1.54, 1.807) is 12.4 Å². The van der Waals surface area contributed by atoms with Crippen LogP contribution in [0.4, 0.5) is 0 Å². The lowest BCUT2D eigenvalue weighted by molar-refractivity contribution is 0.0944. The van der Waals surface area contributed by atoms with E-state index < -0.39 is 0 Å². The van der Waals surface area contributed by atoms with Gasteiger partial charge in [-0.2, -0.15) is 0 Å². The van der Waals surface area contributed by atoms with Gasteiger partial charge in [-0.25, -0.2) is 0 Å².